The van der Waals surface area contributed by atoms with Crippen molar-refractivity contribution < 1.29 is 13.2 Å². The quantitative estimate of drug-likeness (QED) is 0.761. The van der Waals surface area contributed by atoms with Gasteiger partial charge in [-0.3, -0.25) is 9.10 Å². The van der Waals surface area contributed by atoms with Crippen LogP contribution in [0.25, 0.3) is 0 Å². The Hall–Kier alpha value is -2.34. The van der Waals surface area contributed by atoms with Crippen LogP contribution >= 0.6 is 0 Å². The molecule has 156 valence electrons. The van der Waals surface area contributed by atoms with Crippen LogP contribution in [0.3, 0.4) is 0 Å². The topological polar surface area (TPSA) is 57.7 Å². The maximum atomic E-state index is 12.9. The Morgan fingerprint density at radius 1 is 1.10 bits per heavy atom. The number of rotatable bonds is 4. The predicted octanol–water partition coefficient (Wildman–Crippen LogP) is 3.97. The van der Waals surface area contributed by atoms with Crippen molar-refractivity contribution in [3.05, 3.63) is 64.7 Å². The van der Waals surface area contributed by atoms with Crippen LogP contribution < -0.4 is 4.31 Å². The average molecular weight is 415 g/mol. The summed E-state index contributed by atoms with van der Waals surface area (Å²) in [7, 11) is -1.51. The van der Waals surface area contributed by atoms with Gasteiger partial charge in [-0.15, -0.1) is 0 Å². The van der Waals surface area contributed by atoms with Crippen molar-refractivity contribution in [2.24, 2.45) is 0 Å². The Kier molecular flexibility index (Phi) is 5.77. The molecule has 0 atom stereocenters. The minimum absolute atomic E-state index is 0.0656. The van der Waals surface area contributed by atoms with E-state index >= 15 is 0 Å². The molecule has 29 heavy (non-hydrogen) atoms. The second kappa shape index (κ2) is 7.82. The molecule has 1 aliphatic rings. The maximum absolute atomic E-state index is 12.9. The van der Waals surface area contributed by atoms with Crippen molar-refractivity contribution in [3.63, 3.8) is 0 Å². The van der Waals surface area contributed by atoms with Gasteiger partial charge < -0.3 is 4.90 Å². The van der Waals surface area contributed by atoms with E-state index in [4.69, 9.17) is 0 Å². The summed E-state index contributed by atoms with van der Waals surface area (Å²) in [5.41, 5.74) is 4.64. The van der Waals surface area contributed by atoms with E-state index in [2.05, 4.69) is 45.0 Å². The molecule has 0 unspecified atom stereocenters. The summed E-state index contributed by atoms with van der Waals surface area (Å²) in [5, 5.41) is 0. The van der Waals surface area contributed by atoms with Gasteiger partial charge in [0.25, 0.3) is 5.91 Å². The van der Waals surface area contributed by atoms with E-state index in [9.17, 15) is 13.2 Å². The number of carbonyl (C=O) groups is 1. The molecule has 0 saturated carbocycles. The molecule has 5 nitrogen and oxygen atoms in total. The van der Waals surface area contributed by atoms with E-state index in [0.717, 1.165) is 24.0 Å². The van der Waals surface area contributed by atoms with Crippen molar-refractivity contribution in [1.29, 1.82) is 0 Å². The number of nitrogens with zero attached hydrogens (tertiary/aromatic N) is 2. The largest absolute Gasteiger partial charge is 0.337 e. The average Bonchev–Trinajstić information content (AvgIpc) is 2.65. The smallest absolute Gasteiger partial charge is 0.253 e. The lowest BCUT2D eigenvalue weighted by molar-refractivity contribution is 0.0785. The SMILES string of the molecule is CN(Cc1ccc(C(C)(C)C)cc1)C(=O)c1ccc2c(c1)CCCN2S(C)(=O)=O. The maximum Gasteiger partial charge on any atom is 0.253 e. The fraction of sp³-hybridized carbons (Fsp3) is 0.435. The summed E-state index contributed by atoms with van der Waals surface area (Å²) < 4.78 is 25.5. The van der Waals surface area contributed by atoms with Crippen molar-refractivity contribution >= 4 is 21.6 Å². The zero-order valence-corrected chi connectivity index (χ0v) is 18.7. The minimum Gasteiger partial charge on any atom is -0.337 e. The molecule has 0 radical (unpaired) electrons. The van der Waals surface area contributed by atoms with Crippen LogP contribution in [-0.2, 0) is 28.4 Å². The molecular formula is C23H30N2O3S. The molecule has 1 amide bonds. The summed E-state index contributed by atoms with van der Waals surface area (Å²) in [6.45, 7) is 7.55. The van der Waals surface area contributed by atoms with Gasteiger partial charge in [0.1, 0.15) is 0 Å². The number of hydrogen-bond acceptors (Lipinski definition) is 3. The summed E-state index contributed by atoms with van der Waals surface area (Å²) in [5.74, 6) is -0.0656. The van der Waals surface area contributed by atoms with E-state index < -0.39 is 10.0 Å². The van der Waals surface area contributed by atoms with Gasteiger partial charge in [0.15, 0.2) is 0 Å². The Balaban J connectivity index is 1.76. The fourth-order valence-electron chi connectivity index (χ4n) is 3.72. The molecule has 2 aromatic carbocycles. The Labute approximate surface area is 174 Å². The van der Waals surface area contributed by atoms with Gasteiger partial charge in [0.2, 0.25) is 10.0 Å². The molecule has 0 aliphatic carbocycles. The molecule has 0 N–H and O–H groups in total. The number of hydrogen-bond donors (Lipinski definition) is 0. The van der Waals surface area contributed by atoms with E-state index in [-0.39, 0.29) is 11.3 Å². The van der Waals surface area contributed by atoms with Gasteiger partial charge in [-0.2, -0.15) is 0 Å². The first-order chi connectivity index (χ1) is 13.5. The molecule has 1 aliphatic heterocycles. The summed E-state index contributed by atoms with van der Waals surface area (Å²) in [6, 6.07) is 13.7. The number of aryl methyl sites for hydroxylation is 1. The van der Waals surface area contributed by atoms with Gasteiger partial charge in [-0.05, 0) is 53.1 Å². The highest BCUT2D eigenvalue weighted by Gasteiger charge is 2.25. The predicted molar refractivity (Wildman–Crippen MR) is 118 cm³/mol. The lowest BCUT2D eigenvalue weighted by Crippen LogP contribution is -2.35. The summed E-state index contributed by atoms with van der Waals surface area (Å²) >= 11 is 0. The van der Waals surface area contributed by atoms with Crippen LogP contribution in [0.1, 0.15) is 54.2 Å². The number of amides is 1. The molecule has 0 aromatic heterocycles. The first-order valence-corrected chi connectivity index (χ1v) is 11.8. The molecule has 2 aromatic rings. The zero-order valence-electron chi connectivity index (χ0n) is 17.9. The van der Waals surface area contributed by atoms with Crippen LogP contribution in [0.2, 0.25) is 0 Å². The van der Waals surface area contributed by atoms with Crippen LogP contribution in [0.4, 0.5) is 5.69 Å². The fourth-order valence-corrected chi connectivity index (χ4v) is 4.71. The van der Waals surface area contributed by atoms with Crippen LogP contribution in [0.5, 0.6) is 0 Å². The Bertz CT molecular complexity index is 1010. The lowest BCUT2D eigenvalue weighted by atomic mass is 9.87. The highest BCUT2D eigenvalue weighted by atomic mass is 32.2. The van der Waals surface area contributed by atoms with Crippen molar-refractivity contribution in [2.75, 3.05) is 24.2 Å². The number of fused-ring (bicyclic) bond motifs is 1. The van der Waals surface area contributed by atoms with Crippen LogP contribution in [0.15, 0.2) is 42.5 Å². The third kappa shape index (κ3) is 4.81. The highest BCUT2D eigenvalue weighted by molar-refractivity contribution is 7.92. The second-order valence-corrected chi connectivity index (χ2v) is 10.8. The molecule has 0 fully saturated rings. The van der Waals surface area contributed by atoms with Gasteiger partial charge in [-0.1, -0.05) is 45.0 Å². The first kappa shape index (κ1) is 21.4. The summed E-state index contributed by atoms with van der Waals surface area (Å²) in [6.07, 6.45) is 2.76. The normalized spacial score (nSPS) is 14.4. The van der Waals surface area contributed by atoms with Crippen LogP contribution in [-0.4, -0.2) is 39.1 Å². The number of sulfonamides is 1. The highest BCUT2D eigenvalue weighted by Crippen LogP contribution is 2.30. The zero-order chi connectivity index (χ0) is 21.4. The number of benzene rings is 2. The van der Waals surface area contributed by atoms with E-state index in [1.54, 1.807) is 24.1 Å². The molecule has 0 spiro atoms. The van der Waals surface area contributed by atoms with Gasteiger partial charge in [-0.25, -0.2) is 8.42 Å². The third-order valence-electron chi connectivity index (χ3n) is 5.39. The third-order valence-corrected chi connectivity index (χ3v) is 6.57. The molecule has 3 rings (SSSR count). The van der Waals surface area contributed by atoms with Crippen molar-refractivity contribution in [1.82, 2.24) is 4.90 Å². The standard InChI is InChI=1S/C23H30N2O3S/c1-23(2,3)20-11-8-17(9-12-20)16-24(4)22(26)19-10-13-21-18(15-19)7-6-14-25(21)29(5,27)28/h8-13,15H,6-7,14,16H2,1-5H3. The molecular weight excluding hydrogens is 384 g/mol. The molecule has 0 bridgehead atoms. The Morgan fingerprint density at radius 2 is 1.76 bits per heavy atom. The van der Waals surface area contributed by atoms with E-state index in [1.165, 1.54) is 16.1 Å². The van der Waals surface area contributed by atoms with E-state index in [0.29, 0.717) is 24.3 Å². The second-order valence-electron chi connectivity index (χ2n) is 8.89. The van der Waals surface area contributed by atoms with Gasteiger partial charge in [0, 0.05) is 25.7 Å². The van der Waals surface area contributed by atoms with Gasteiger partial charge in [0.05, 0.1) is 11.9 Å². The molecule has 6 heteroatoms. The number of carbonyl (C=O) groups excluding carboxylic acids is 1. The summed E-state index contributed by atoms with van der Waals surface area (Å²) in [4.78, 5) is 14.6. The molecule has 0 saturated heterocycles. The first-order valence-electron chi connectivity index (χ1n) is 9.92. The minimum atomic E-state index is -3.31. The Morgan fingerprint density at radius 3 is 2.34 bits per heavy atom. The van der Waals surface area contributed by atoms with Crippen LogP contribution in [0, 0.1) is 0 Å². The monoisotopic (exact) mass is 414 g/mol. The van der Waals surface area contributed by atoms with Crippen molar-refractivity contribution in [2.45, 2.75) is 45.6 Å². The van der Waals surface area contributed by atoms with E-state index in [1.807, 2.05) is 6.07 Å². The number of anilines is 1. The van der Waals surface area contributed by atoms with Gasteiger partial charge >= 0.3 is 0 Å². The lowest BCUT2D eigenvalue weighted by Gasteiger charge is -2.29. The van der Waals surface area contributed by atoms with Crippen molar-refractivity contribution in [3.8, 4) is 0 Å². The molecule has 1 heterocycles.